The SMILES string of the molecule is COc1cc(/C=N/NS(=O)(=O)c2ccc(Cl)cc2)ccc1OC(=O)c1cccc(Br)c1. The summed E-state index contributed by atoms with van der Waals surface area (Å²) in [6.45, 7) is 0. The lowest BCUT2D eigenvalue weighted by atomic mass is 10.2. The minimum Gasteiger partial charge on any atom is -0.493 e. The number of nitrogens with one attached hydrogen (secondary N) is 1. The van der Waals surface area contributed by atoms with Gasteiger partial charge in [0.2, 0.25) is 0 Å². The molecule has 0 aliphatic heterocycles. The molecule has 3 rings (SSSR count). The number of benzene rings is 3. The smallest absolute Gasteiger partial charge is 0.343 e. The molecule has 0 amide bonds. The Hall–Kier alpha value is -2.88. The topological polar surface area (TPSA) is 94.1 Å². The van der Waals surface area contributed by atoms with E-state index < -0.39 is 16.0 Å². The fourth-order valence-corrected chi connectivity index (χ4v) is 3.78. The lowest BCUT2D eigenvalue weighted by Crippen LogP contribution is -2.18. The van der Waals surface area contributed by atoms with Crippen molar-refractivity contribution in [3.05, 3.63) is 87.4 Å². The number of hydrogen-bond donors (Lipinski definition) is 1. The van der Waals surface area contributed by atoms with Gasteiger partial charge in [0.15, 0.2) is 11.5 Å². The van der Waals surface area contributed by atoms with Crippen LogP contribution in [0.15, 0.2) is 81.2 Å². The maximum atomic E-state index is 12.3. The zero-order valence-corrected chi connectivity index (χ0v) is 19.2. The number of rotatable bonds is 7. The van der Waals surface area contributed by atoms with Crippen molar-refractivity contribution in [3.63, 3.8) is 0 Å². The third kappa shape index (κ3) is 6.06. The second kappa shape index (κ2) is 9.95. The predicted octanol–water partition coefficient (Wildman–Crippen LogP) is 4.64. The monoisotopic (exact) mass is 522 g/mol. The molecule has 0 aromatic heterocycles. The first-order valence-corrected chi connectivity index (χ1v) is 11.4. The van der Waals surface area contributed by atoms with E-state index in [-0.39, 0.29) is 16.4 Å². The van der Waals surface area contributed by atoms with Crippen LogP contribution in [0.3, 0.4) is 0 Å². The first kappa shape index (κ1) is 22.8. The van der Waals surface area contributed by atoms with Gasteiger partial charge in [-0.1, -0.05) is 33.6 Å². The fraction of sp³-hybridized carbons (Fsp3) is 0.0476. The van der Waals surface area contributed by atoms with Crippen LogP contribution in [-0.4, -0.2) is 27.7 Å². The second-order valence-electron chi connectivity index (χ2n) is 6.12. The van der Waals surface area contributed by atoms with E-state index in [9.17, 15) is 13.2 Å². The first-order chi connectivity index (χ1) is 14.8. The molecule has 0 fully saturated rings. The third-order valence-electron chi connectivity index (χ3n) is 3.96. The summed E-state index contributed by atoms with van der Waals surface area (Å²) in [5.41, 5.74) is 0.900. The van der Waals surface area contributed by atoms with Crippen molar-refractivity contribution >= 4 is 49.7 Å². The zero-order valence-electron chi connectivity index (χ0n) is 16.1. The van der Waals surface area contributed by atoms with Gasteiger partial charge < -0.3 is 9.47 Å². The Morgan fingerprint density at radius 2 is 1.81 bits per heavy atom. The summed E-state index contributed by atoms with van der Waals surface area (Å²) in [4.78, 5) is 14.5. The number of hydrazone groups is 1. The molecule has 0 saturated heterocycles. The Labute approximate surface area is 192 Å². The van der Waals surface area contributed by atoms with E-state index in [1.54, 1.807) is 36.4 Å². The number of sulfonamides is 1. The molecule has 0 bridgehead atoms. The number of hydrogen-bond acceptors (Lipinski definition) is 6. The van der Waals surface area contributed by atoms with Crippen molar-refractivity contribution < 1.29 is 22.7 Å². The van der Waals surface area contributed by atoms with Crippen LogP contribution in [0.2, 0.25) is 5.02 Å². The Morgan fingerprint density at radius 3 is 2.48 bits per heavy atom. The number of esters is 1. The van der Waals surface area contributed by atoms with Gasteiger partial charge in [-0.3, -0.25) is 0 Å². The van der Waals surface area contributed by atoms with Crippen LogP contribution >= 0.6 is 27.5 Å². The summed E-state index contributed by atoms with van der Waals surface area (Å²) in [5, 5.41) is 4.20. The number of carbonyl (C=O) groups excluding carboxylic acids is 1. The van der Waals surface area contributed by atoms with Crippen molar-refractivity contribution in [3.8, 4) is 11.5 Å². The van der Waals surface area contributed by atoms with E-state index in [0.717, 1.165) is 4.47 Å². The molecule has 0 atom stereocenters. The molecule has 31 heavy (non-hydrogen) atoms. The first-order valence-electron chi connectivity index (χ1n) is 8.75. The van der Waals surface area contributed by atoms with E-state index in [4.69, 9.17) is 21.1 Å². The Balaban J connectivity index is 1.72. The average molecular weight is 524 g/mol. The quantitative estimate of drug-likeness (QED) is 0.211. The lowest BCUT2D eigenvalue weighted by Gasteiger charge is -2.10. The summed E-state index contributed by atoms with van der Waals surface area (Å²) < 4.78 is 35.9. The minimum absolute atomic E-state index is 0.0291. The number of methoxy groups -OCH3 is 1. The van der Waals surface area contributed by atoms with E-state index in [2.05, 4.69) is 25.9 Å². The third-order valence-corrected chi connectivity index (χ3v) is 5.94. The van der Waals surface area contributed by atoms with Crippen LogP contribution in [-0.2, 0) is 10.0 Å². The van der Waals surface area contributed by atoms with Gasteiger partial charge in [-0.15, -0.1) is 0 Å². The van der Waals surface area contributed by atoms with Crippen LogP contribution in [0.25, 0.3) is 0 Å². The van der Waals surface area contributed by atoms with E-state index >= 15 is 0 Å². The number of halogens is 2. The Kier molecular flexibility index (Phi) is 7.32. The van der Waals surface area contributed by atoms with Crippen molar-refractivity contribution in [2.75, 3.05) is 7.11 Å². The number of ether oxygens (including phenoxy) is 2. The van der Waals surface area contributed by atoms with Crippen molar-refractivity contribution in [1.29, 1.82) is 0 Å². The predicted molar refractivity (Wildman–Crippen MR) is 121 cm³/mol. The van der Waals surface area contributed by atoms with Crippen LogP contribution in [0, 0.1) is 0 Å². The summed E-state index contributed by atoms with van der Waals surface area (Å²) in [7, 11) is -2.41. The van der Waals surface area contributed by atoms with E-state index in [1.165, 1.54) is 43.7 Å². The van der Waals surface area contributed by atoms with Crippen molar-refractivity contribution in [1.82, 2.24) is 4.83 Å². The molecule has 0 unspecified atom stereocenters. The molecular weight excluding hydrogens is 508 g/mol. The highest BCUT2D eigenvalue weighted by Crippen LogP contribution is 2.28. The van der Waals surface area contributed by atoms with Crippen LogP contribution < -0.4 is 14.3 Å². The van der Waals surface area contributed by atoms with Gasteiger partial charge in [0.05, 0.1) is 23.8 Å². The molecule has 0 saturated carbocycles. The molecular formula is C21H16BrClN2O5S. The molecule has 7 nitrogen and oxygen atoms in total. The standard InChI is InChI=1S/C21H16BrClN2O5S/c1-29-20-11-14(13-24-25-31(27,28)18-8-6-17(23)7-9-18)5-10-19(20)30-21(26)15-3-2-4-16(22)12-15/h2-13,25H,1H3/b24-13+. The number of nitrogens with zero attached hydrogens (tertiary/aromatic N) is 1. The normalized spacial score (nSPS) is 11.3. The van der Waals surface area contributed by atoms with Gasteiger partial charge in [-0.2, -0.15) is 13.5 Å². The number of carbonyl (C=O) groups is 1. The summed E-state index contributed by atoms with van der Waals surface area (Å²) >= 11 is 9.08. The average Bonchev–Trinajstić information content (AvgIpc) is 2.74. The van der Waals surface area contributed by atoms with Gasteiger partial charge >= 0.3 is 5.97 Å². The molecule has 0 aliphatic carbocycles. The molecule has 1 N–H and O–H groups in total. The highest BCUT2D eigenvalue weighted by atomic mass is 79.9. The van der Waals surface area contributed by atoms with E-state index in [0.29, 0.717) is 16.1 Å². The van der Waals surface area contributed by atoms with Crippen molar-refractivity contribution in [2.45, 2.75) is 4.90 Å². The van der Waals surface area contributed by atoms with Gasteiger partial charge in [0, 0.05) is 9.50 Å². The van der Waals surface area contributed by atoms with Gasteiger partial charge in [0.1, 0.15) is 0 Å². The molecule has 0 aliphatic rings. The Bertz CT molecular complexity index is 1230. The highest BCUT2D eigenvalue weighted by molar-refractivity contribution is 9.10. The minimum atomic E-state index is -3.83. The summed E-state index contributed by atoms with van der Waals surface area (Å²) in [6, 6.07) is 17.2. The molecule has 0 heterocycles. The van der Waals surface area contributed by atoms with Crippen molar-refractivity contribution in [2.24, 2.45) is 5.10 Å². The van der Waals surface area contributed by atoms with Gasteiger partial charge in [-0.25, -0.2) is 9.63 Å². The molecule has 3 aromatic rings. The van der Waals surface area contributed by atoms with Gasteiger partial charge in [0.25, 0.3) is 10.0 Å². The van der Waals surface area contributed by atoms with Crippen LogP contribution in [0.1, 0.15) is 15.9 Å². The van der Waals surface area contributed by atoms with Crippen LogP contribution in [0.4, 0.5) is 0 Å². The van der Waals surface area contributed by atoms with Gasteiger partial charge in [-0.05, 0) is 66.2 Å². The second-order valence-corrected chi connectivity index (χ2v) is 9.13. The molecule has 0 radical (unpaired) electrons. The highest BCUT2D eigenvalue weighted by Gasteiger charge is 2.14. The summed E-state index contributed by atoms with van der Waals surface area (Å²) in [6.07, 6.45) is 1.30. The molecule has 160 valence electrons. The zero-order chi connectivity index (χ0) is 22.4. The maximum absolute atomic E-state index is 12.3. The largest absolute Gasteiger partial charge is 0.493 e. The summed E-state index contributed by atoms with van der Waals surface area (Å²) in [5.74, 6) is -0.0454. The molecule has 0 spiro atoms. The lowest BCUT2D eigenvalue weighted by molar-refractivity contribution is 0.0729. The molecule has 10 heteroatoms. The fourth-order valence-electron chi connectivity index (χ4n) is 2.46. The van der Waals surface area contributed by atoms with Crippen LogP contribution in [0.5, 0.6) is 11.5 Å². The maximum Gasteiger partial charge on any atom is 0.343 e. The van der Waals surface area contributed by atoms with E-state index in [1.807, 2.05) is 0 Å². The Morgan fingerprint density at radius 1 is 1.06 bits per heavy atom. The molecule has 3 aromatic carbocycles.